The summed E-state index contributed by atoms with van der Waals surface area (Å²) < 4.78 is 34.5. The first-order valence-electron chi connectivity index (χ1n) is 8.70. The Morgan fingerprint density at radius 3 is 2.78 bits per heavy atom. The molecule has 2 unspecified atom stereocenters. The number of halogens is 2. The van der Waals surface area contributed by atoms with Gasteiger partial charge in [0.2, 0.25) is 5.95 Å². The third-order valence-electron chi connectivity index (χ3n) is 4.76. The summed E-state index contributed by atoms with van der Waals surface area (Å²) >= 11 is 0. The van der Waals surface area contributed by atoms with Gasteiger partial charge >= 0.3 is 0 Å². The number of imidazole rings is 1. The molecule has 0 aliphatic carbocycles. The molecule has 3 heterocycles. The van der Waals surface area contributed by atoms with Crippen LogP contribution in [0.4, 0.5) is 14.7 Å². The van der Waals surface area contributed by atoms with Gasteiger partial charge in [0.15, 0.2) is 5.75 Å². The average Bonchev–Trinajstić information content (AvgIpc) is 3.02. The number of aromatic nitrogens is 4. The normalized spacial score (nSPS) is 20.2. The monoisotopic (exact) mass is 374 g/mol. The van der Waals surface area contributed by atoms with Gasteiger partial charge in [-0.2, -0.15) is 0 Å². The molecule has 142 valence electrons. The smallest absolute Gasteiger partial charge is 0.207 e. The van der Waals surface area contributed by atoms with Crippen molar-refractivity contribution in [2.45, 2.75) is 25.2 Å². The Morgan fingerprint density at radius 1 is 1.30 bits per heavy atom. The van der Waals surface area contributed by atoms with E-state index in [1.54, 1.807) is 25.6 Å². The number of fused-ring (bicyclic) bond motifs is 1. The molecule has 2 aromatic heterocycles. The molecular weight excluding hydrogens is 354 g/mol. The number of nitrogens with two attached hydrogens (primary N) is 1. The maximum atomic E-state index is 13.8. The van der Waals surface area contributed by atoms with Crippen molar-refractivity contribution in [3.8, 4) is 5.75 Å². The number of methoxy groups -OCH3 is 1. The van der Waals surface area contributed by atoms with Crippen molar-refractivity contribution in [3.05, 3.63) is 42.2 Å². The van der Waals surface area contributed by atoms with E-state index in [4.69, 9.17) is 10.5 Å². The van der Waals surface area contributed by atoms with Crippen LogP contribution in [0, 0.1) is 5.82 Å². The molecule has 0 radical (unpaired) electrons. The zero-order valence-electron chi connectivity index (χ0n) is 14.8. The summed E-state index contributed by atoms with van der Waals surface area (Å²) in [5, 5.41) is 0. The molecule has 0 saturated carbocycles. The fraction of sp³-hybridized carbons (Fsp3) is 0.389. The second kappa shape index (κ2) is 7.07. The first-order chi connectivity index (χ1) is 13.0. The molecule has 1 fully saturated rings. The second-order valence-electron chi connectivity index (χ2n) is 6.58. The van der Waals surface area contributed by atoms with Crippen LogP contribution >= 0.6 is 0 Å². The third-order valence-corrected chi connectivity index (χ3v) is 4.76. The summed E-state index contributed by atoms with van der Waals surface area (Å²) in [6.45, 7) is 1.13. The van der Waals surface area contributed by atoms with Crippen molar-refractivity contribution in [1.29, 1.82) is 0 Å². The van der Waals surface area contributed by atoms with Crippen LogP contribution in [-0.2, 0) is 6.54 Å². The molecular formula is C18H20F2N6O. The summed E-state index contributed by atoms with van der Waals surface area (Å²) in [7, 11) is 1.54. The molecule has 4 rings (SSSR count). The van der Waals surface area contributed by atoms with E-state index in [-0.39, 0.29) is 5.82 Å². The van der Waals surface area contributed by atoms with Crippen molar-refractivity contribution in [2.75, 3.05) is 25.1 Å². The molecule has 1 aliphatic heterocycles. The van der Waals surface area contributed by atoms with E-state index in [0.717, 1.165) is 0 Å². The lowest BCUT2D eigenvalue weighted by Crippen LogP contribution is -2.50. The maximum Gasteiger partial charge on any atom is 0.207 e. The summed E-state index contributed by atoms with van der Waals surface area (Å²) in [5.74, 6) is 1.34. The highest BCUT2D eigenvalue weighted by Crippen LogP contribution is 2.27. The van der Waals surface area contributed by atoms with E-state index in [9.17, 15) is 8.78 Å². The molecule has 1 saturated heterocycles. The minimum absolute atomic E-state index is 0.296. The number of ether oxygens (including phenoxy) is 1. The van der Waals surface area contributed by atoms with Crippen LogP contribution in [0.25, 0.3) is 11.0 Å². The predicted molar refractivity (Wildman–Crippen MR) is 97.1 cm³/mol. The molecule has 3 aromatic rings. The lowest BCUT2D eigenvalue weighted by Gasteiger charge is -2.34. The van der Waals surface area contributed by atoms with Gasteiger partial charge < -0.3 is 19.9 Å². The molecule has 27 heavy (non-hydrogen) atoms. The van der Waals surface area contributed by atoms with E-state index >= 15 is 0 Å². The Morgan fingerprint density at radius 2 is 2.07 bits per heavy atom. The summed E-state index contributed by atoms with van der Waals surface area (Å²) in [6, 6.07) is 3.84. The molecule has 0 amide bonds. The van der Waals surface area contributed by atoms with Crippen LogP contribution in [0.15, 0.2) is 30.6 Å². The lowest BCUT2D eigenvalue weighted by molar-refractivity contribution is 0.243. The molecule has 2 N–H and O–H groups in total. The Kier molecular flexibility index (Phi) is 4.61. The highest BCUT2D eigenvalue weighted by molar-refractivity contribution is 5.79. The summed E-state index contributed by atoms with van der Waals surface area (Å²) in [5.41, 5.74) is 7.18. The SMILES string of the molecule is COc1cnc(Cn2c(N3CCC(F)C(N)C3)nc3ccc(F)cc32)nc1. The minimum Gasteiger partial charge on any atom is -0.494 e. The number of benzene rings is 1. The van der Waals surface area contributed by atoms with Gasteiger partial charge in [-0.3, -0.25) is 0 Å². The Labute approximate surface area is 154 Å². The average molecular weight is 374 g/mol. The van der Waals surface area contributed by atoms with Crippen LogP contribution in [0.5, 0.6) is 5.75 Å². The molecule has 7 nitrogen and oxygen atoms in total. The van der Waals surface area contributed by atoms with Crippen molar-refractivity contribution in [2.24, 2.45) is 5.73 Å². The van der Waals surface area contributed by atoms with E-state index in [0.29, 0.717) is 54.6 Å². The van der Waals surface area contributed by atoms with Crippen molar-refractivity contribution >= 4 is 17.0 Å². The standard InChI is InChI=1S/C18H20F2N6O/c1-27-12-7-22-17(23-8-12)10-26-16-6-11(19)2-3-15(16)24-18(26)25-5-4-13(20)14(21)9-25/h2-3,6-8,13-14H,4-5,9-10,21H2,1H3. The quantitative estimate of drug-likeness (QED) is 0.751. The number of nitrogens with zero attached hydrogens (tertiary/aromatic N) is 5. The van der Waals surface area contributed by atoms with Gasteiger partial charge in [-0.15, -0.1) is 0 Å². The zero-order chi connectivity index (χ0) is 19.0. The van der Waals surface area contributed by atoms with Crippen molar-refractivity contribution in [3.63, 3.8) is 0 Å². The number of anilines is 1. The van der Waals surface area contributed by atoms with Crippen LogP contribution < -0.4 is 15.4 Å². The summed E-state index contributed by atoms with van der Waals surface area (Å²) in [6.07, 6.45) is 2.46. The fourth-order valence-electron chi connectivity index (χ4n) is 3.29. The summed E-state index contributed by atoms with van der Waals surface area (Å²) in [4.78, 5) is 15.1. The molecule has 1 aromatic carbocycles. The van der Waals surface area contributed by atoms with Crippen molar-refractivity contribution < 1.29 is 13.5 Å². The van der Waals surface area contributed by atoms with Gasteiger partial charge in [-0.05, 0) is 24.6 Å². The third kappa shape index (κ3) is 3.42. The number of hydrogen-bond donors (Lipinski definition) is 1. The maximum absolute atomic E-state index is 13.8. The molecule has 2 atom stereocenters. The van der Waals surface area contributed by atoms with Crippen LogP contribution in [0.1, 0.15) is 12.2 Å². The van der Waals surface area contributed by atoms with Crippen molar-refractivity contribution in [1.82, 2.24) is 19.5 Å². The Bertz CT molecular complexity index is 945. The van der Waals surface area contributed by atoms with Crippen LogP contribution in [-0.4, -0.2) is 51.9 Å². The van der Waals surface area contributed by atoms with E-state index in [1.165, 1.54) is 12.1 Å². The topological polar surface area (TPSA) is 82.1 Å². The van der Waals surface area contributed by atoms with E-state index in [2.05, 4.69) is 15.0 Å². The Balaban J connectivity index is 1.74. The first kappa shape index (κ1) is 17.6. The molecule has 1 aliphatic rings. The van der Waals surface area contributed by atoms with Gasteiger partial charge in [-0.1, -0.05) is 0 Å². The van der Waals surface area contributed by atoms with Gasteiger partial charge in [-0.25, -0.2) is 23.7 Å². The van der Waals surface area contributed by atoms with E-state index in [1.807, 2.05) is 9.47 Å². The first-order valence-corrected chi connectivity index (χ1v) is 8.70. The number of hydrogen-bond acceptors (Lipinski definition) is 6. The highest BCUT2D eigenvalue weighted by atomic mass is 19.1. The Hall–Kier alpha value is -2.81. The van der Waals surface area contributed by atoms with Crippen LogP contribution in [0.2, 0.25) is 0 Å². The van der Waals surface area contributed by atoms with E-state index < -0.39 is 12.2 Å². The van der Waals surface area contributed by atoms with Gasteiger partial charge in [0.05, 0.1) is 43.1 Å². The molecule has 0 bridgehead atoms. The lowest BCUT2D eigenvalue weighted by atomic mass is 10.1. The predicted octanol–water partition coefficient (Wildman–Crippen LogP) is 1.90. The van der Waals surface area contributed by atoms with Gasteiger partial charge in [0.1, 0.15) is 17.8 Å². The highest BCUT2D eigenvalue weighted by Gasteiger charge is 2.29. The zero-order valence-corrected chi connectivity index (χ0v) is 14.8. The molecule has 9 heteroatoms. The molecule has 0 spiro atoms. The number of alkyl halides is 1. The minimum atomic E-state index is -1.03. The number of rotatable bonds is 4. The van der Waals surface area contributed by atoms with Gasteiger partial charge in [0.25, 0.3) is 0 Å². The fourth-order valence-corrected chi connectivity index (χ4v) is 3.29. The number of piperidine rings is 1. The largest absolute Gasteiger partial charge is 0.494 e. The van der Waals surface area contributed by atoms with Gasteiger partial charge in [0, 0.05) is 13.1 Å². The second-order valence-corrected chi connectivity index (χ2v) is 6.58. The van der Waals surface area contributed by atoms with Crippen LogP contribution in [0.3, 0.4) is 0 Å².